The Balaban J connectivity index is 0.000000282. The molecule has 4 heterocycles. The van der Waals surface area contributed by atoms with Crippen molar-refractivity contribution in [3.05, 3.63) is 124 Å². The summed E-state index contributed by atoms with van der Waals surface area (Å²) >= 11 is 12.3. The van der Waals surface area contributed by atoms with E-state index in [1.165, 1.54) is 0 Å². The van der Waals surface area contributed by atoms with Crippen LogP contribution in [0, 0.1) is 0 Å². The largest absolute Gasteiger partial charge is 0.489 e. The van der Waals surface area contributed by atoms with Crippen LogP contribution < -0.4 is 19.5 Å². The van der Waals surface area contributed by atoms with Gasteiger partial charge in [-0.2, -0.15) is 0 Å². The molecule has 1 aromatic heterocycles. The van der Waals surface area contributed by atoms with Gasteiger partial charge in [0.05, 0.1) is 21.3 Å². The molecule has 272 valence electrons. The van der Waals surface area contributed by atoms with E-state index >= 15 is 0 Å². The zero-order valence-electron chi connectivity index (χ0n) is 29.3. The first-order valence-electron chi connectivity index (χ1n) is 17.6. The Hall–Kier alpha value is -3.30. The first kappa shape index (κ1) is 38.9. The average molecular weight is 753 g/mol. The number of benzene rings is 3. The van der Waals surface area contributed by atoms with Crippen molar-refractivity contribution >= 4 is 41.2 Å². The monoisotopic (exact) mass is 751 g/mol. The van der Waals surface area contributed by atoms with Gasteiger partial charge in [-0.25, -0.2) is 0 Å². The third-order valence-corrected chi connectivity index (χ3v) is 10.0. The molecule has 0 bridgehead atoms. The van der Waals surface area contributed by atoms with E-state index < -0.39 is 5.60 Å². The second-order valence-corrected chi connectivity index (χ2v) is 14.4. The number of halogens is 3. The molecule has 3 aromatic carbocycles. The summed E-state index contributed by atoms with van der Waals surface area (Å²) < 4.78 is 18.1. The predicted octanol–water partition coefficient (Wildman–Crippen LogP) is 9.11. The van der Waals surface area contributed by atoms with Crippen LogP contribution in [-0.2, 0) is 12.2 Å². The van der Waals surface area contributed by atoms with Gasteiger partial charge >= 0.3 is 0 Å². The highest BCUT2D eigenvalue weighted by atomic mass is 35.5. The van der Waals surface area contributed by atoms with Crippen molar-refractivity contribution in [2.45, 2.75) is 70.4 Å². The number of nitrogens with zero attached hydrogens (tertiary/aromatic N) is 2. The second-order valence-electron chi connectivity index (χ2n) is 13.5. The van der Waals surface area contributed by atoms with Crippen LogP contribution in [0.1, 0.15) is 68.3 Å². The van der Waals surface area contributed by atoms with E-state index in [4.69, 9.17) is 37.4 Å². The van der Waals surface area contributed by atoms with Gasteiger partial charge in [0.1, 0.15) is 36.1 Å². The summed E-state index contributed by atoms with van der Waals surface area (Å²) in [7, 11) is 0. The quantitative estimate of drug-likeness (QED) is 0.186. The lowest BCUT2D eigenvalue weighted by molar-refractivity contribution is 0.0785. The summed E-state index contributed by atoms with van der Waals surface area (Å²) in [6.07, 6.45) is 9.63. The molecule has 3 aliphatic rings. The molecule has 51 heavy (non-hydrogen) atoms. The SMILES string of the molecule is CC(C)(O)c1ccc2c(c1)C(=CCCN1CCC(Oc3ccccc3Cl)CC1)c1cccnc1CO2.Cl.Clc1ccccc1OC1CCNCC1. The number of para-hydroxylation sites is 2. The molecule has 0 spiro atoms. The van der Waals surface area contributed by atoms with Crippen LogP contribution in [0.2, 0.25) is 10.0 Å². The Labute approximate surface area is 318 Å². The molecular formula is C41H48Cl3N3O4. The first-order valence-corrected chi connectivity index (χ1v) is 18.4. The summed E-state index contributed by atoms with van der Waals surface area (Å²) in [6.45, 7) is 9.09. The van der Waals surface area contributed by atoms with Crippen LogP contribution >= 0.6 is 35.6 Å². The van der Waals surface area contributed by atoms with Crippen LogP contribution in [0.25, 0.3) is 5.57 Å². The number of fused-ring (bicyclic) bond motifs is 2. The lowest BCUT2D eigenvalue weighted by atomic mass is 9.90. The van der Waals surface area contributed by atoms with Gasteiger partial charge in [-0.1, -0.05) is 65.7 Å². The third kappa shape index (κ3) is 10.6. The third-order valence-electron chi connectivity index (χ3n) is 9.40. The van der Waals surface area contributed by atoms with Crippen LogP contribution in [-0.4, -0.2) is 59.9 Å². The lowest BCUT2D eigenvalue weighted by Gasteiger charge is -2.32. The van der Waals surface area contributed by atoms with E-state index in [0.29, 0.717) is 22.8 Å². The maximum absolute atomic E-state index is 10.6. The van der Waals surface area contributed by atoms with Crippen molar-refractivity contribution in [2.24, 2.45) is 0 Å². The molecule has 2 N–H and O–H groups in total. The molecule has 7 nitrogen and oxygen atoms in total. The first-order chi connectivity index (χ1) is 24.2. The van der Waals surface area contributed by atoms with E-state index in [-0.39, 0.29) is 18.5 Å². The number of ether oxygens (including phenoxy) is 3. The highest BCUT2D eigenvalue weighted by Crippen LogP contribution is 2.39. The van der Waals surface area contributed by atoms with Gasteiger partial charge in [0.25, 0.3) is 0 Å². The highest BCUT2D eigenvalue weighted by molar-refractivity contribution is 6.32. The number of rotatable bonds is 8. The van der Waals surface area contributed by atoms with Crippen LogP contribution in [0.3, 0.4) is 0 Å². The van der Waals surface area contributed by atoms with E-state index in [1.807, 2.05) is 86.8 Å². The standard InChI is InChI=1S/C30H33ClN2O3.C11H14ClNO.ClH/c1-30(2,34)21-11-12-28-25(19-21)23(24-7-5-15-32-27(24)20-35-28)8-6-16-33-17-13-22(14-18-33)36-29-10-4-3-9-26(29)31;12-10-3-1-2-4-11(10)14-9-5-7-13-8-6-9;/h3-5,7-12,15,19,22,34H,6,13-14,16-18,20H2,1-2H3;1-4,9,13H,5-8H2;1H. The molecule has 10 heteroatoms. The zero-order chi connectivity index (χ0) is 34.9. The normalized spacial score (nSPS) is 17.5. The van der Waals surface area contributed by atoms with Crippen molar-refractivity contribution < 1.29 is 19.3 Å². The van der Waals surface area contributed by atoms with Gasteiger partial charge in [0, 0.05) is 37.0 Å². The van der Waals surface area contributed by atoms with Crippen LogP contribution in [0.5, 0.6) is 17.2 Å². The number of aliphatic hydroxyl groups is 1. The number of piperidine rings is 2. The molecule has 7 rings (SSSR count). The topological polar surface area (TPSA) is 76.1 Å². The number of hydrogen-bond donors (Lipinski definition) is 2. The van der Waals surface area contributed by atoms with Crippen molar-refractivity contribution in [3.8, 4) is 17.2 Å². The van der Waals surface area contributed by atoms with E-state index in [2.05, 4.69) is 33.4 Å². The summed E-state index contributed by atoms with van der Waals surface area (Å²) in [5.74, 6) is 2.40. The molecule has 4 aromatic rings. The Kier molecular flexibility index (Phi) is 14.1. The second kappa shape index (κ2) is 18.5. The fourth-order valence-corrected chi connectivity index (χ4v) is 6.91. The molecule has 0 atom stereocenters. The lowest BCUT2D eigenvalue weighted by Crippen LogP contribution is -2.38. The van der Waals surface area contributed by atoms with Gasteiger partial charge < -0.3 is 29.5 Å². The number of hydrogen-bond acceptors (Lipinski definition) is 7. The maximum atomic E-state index is 10.6. The Bertz CT molecular complexity index is 1750. The van der Waals surface area contributed by atoms with Gasteiger partial charge in [-0.3, -0.25) is 4.98 Å². The number of pyridine rings is 1. The molecule has 0 unspecified atom stereocenters. The van der Waals surface area contributed by atoms with Crippen molar-refractivity contribution in [1.82, 2.24) is 15.2 Å². The molecule has 0 aliphatic carbocycles. The molecule has 3 aliphatic heterocycles. The van der Waals surface area contributed by atoms with E-state index in [1.54, 1.807) is 0 Å². The van der Waals surface area contributed by atoms with Gasteiger partial charge in [0.15, 0.2) is 0 Å². The molecule has 2 fully saturated rings. The molecule has 0 radical (unpaired) electrons. The van der Waals surface area contributed by atoms with Gasteiger partial charge in [-0.05, 0) is 113 Å². The number of aromatic nitrogens is 1. The smallest absolute Gasteiger partial charge is 0.138 e. The minimum atomic E-state index is -0.930. The summed E-state index contributed by atoms with van der Waals surface area (Å²) in [5.41, 5.74) is 4.09. The summed E-state index contributed by atoms with van der Waals surface area (Å²) in [5, 5.41) is 15.3. The summed E-state index contributed by atoms with van der Waals surface area (Å²) in [6, 6.07) is 25.4. The van der Waals surface area contributed by atoms with E-state index in [9.17, 15) is 5.11 Å². The van der Waals surface area contributed by atoms with Gasteiger partial charge in [0.2, 0.25) is 0 Å². The molecule has 2 saturated heterocycles. The average Bonchev–Trinajstić information content (AvgIpc) is 3.28. The number of likely N-dealkylation sites (tertiary alicyclic amines) is 1. The van der Waals surface area contributed by atoms with Gasteiger partial charge in [-0.15, -0.1) is 12.4 Å². The maximum Gasteiger partial charge on any atom is 0.138 e. The minimum absolute atomic E-state index is 0. The Morgan fingerprint density at radius 2 is 1.49 bits per heavy atom. The molecule has 0 saturated carbocycles. The minimum Gasteiger partial charge on any atom is -0.489 e. The van der Waals surface area contributed by atoms with Crippen LogP contribution in [0.4, 0.5) is 0 Å². The highest BCUT2D eigenvalue weighted by Gasteiger charge is 2.25. The van der Waals surface area contributed by atoms with Crippen molar-refractivity contribution in [1.29, 1.82) is 0 Å². The number of nitrogens with one attached hydrogen (secondary N) is 1. The fourth-order valence-electron chi connectivity index (χ4n) is 6.55. The zero-order valence-corrected chi connectivity index (χ0v) is 31.7. The fraction of sp³-hybridized carbons (Fsp3) is 0.390. The van der Waals surface area contributed by atoms with Crippen molar-refractivity contribution in [2.75, 3.05) is 32.7 Å². The predicted molar refractivity (Wildman–Crippen MR) is 209 cm³/mol. The van der Waals surface area contributed by atoms with Crippen molar-refractivity contribution in [3.63, 3.8) is 0 Å². The van der Waals surface area contributed by atoms with Crippen LogP contribution in [0.15, 0.2) is 91.1 Å². The Morgan fingerprint density at radius 1 is 0.863 bits per heavy atom. The summed E-state index contributed by atoms with van der Waals surface area (Å²) in [4.78, 5) is 7.08. The van der Waals surface area contributed by atoms with E-state index in [0.717, 1.165) is 110 Å². The Morgan fingerprint density at radius 3 is 2.12 bits per heavy atom. The molecule has 0 amide bonds. The molecular weight excluding hydrogens is 705 g/mol.